The molecule has 2 heterocycles. The summed E-state index contributed by atoms with van der Waals surface area (Å²) in [7, 11) is 1.74. The molecule has 0 aliphatic carbocycles. The fourth-order valence-electron chi connectivity index (χ4n) is 3.07. The van der Waals surface area contributed by atoms with E-state index in [1.165, 1.54) is 0 Å². The first-order valence-corrected chi connectivity index (χ1v) is 9.49. The van der Waals surface area contributed by atoms with Gasteiger partial charge in [-0.3, -0.25) is 4.79 Å². The third kappa shape index (κ3) is 4.31. The molecule has 0 atom stereocenters. The summed E-state index contributed by atoms with van der Waals surface area (Å²) in [6, 6.07) is 18.9. The molecule has 30 heavy (non-hydrogen) atoms. The Morgan fingerprint density at radius 1 is 1.10 bits per heavy atom. The van der Waals surface area contributed by atoms with Crippen LogP contribution in [0.3, 0.4) is 0 Å². The molecule has 0 saturated heterocycles. The Hall–Kier alpha value is -4.11. The number of aryl methyl sites for hydroxylation is 1. The summed E-state index contributed by atoms with van der Waals surface area (Å²) >= 11 is 0. The second-order valence-corrected chi connectivity index (χ2v) is 6.89. The monoisotopic (exact) mass is 396 g/mol. The van der Waals surface area contributed by atoms with E-state index >= 15 is 0 Å². The van der Waals surface area contributed by atoms with Gasteiger partial charge < -0.3 is 9.42 Å². The van der Waals surface area contributed by atoms with Crippen LogP contribution in [-0.4, -0.2) is 32.8 Å². The molecule has 0 saturated carbocycles. The van der Waals surface area contributed by atoms with Gasteiger partial charge in [0.2, 0.25) is 0 Å². The molecule has 0 aliphatic rings. The van der Waals surface area contributed by atoms with Gasteiger partial charge in [0.1, 0.15) is 11.5 Å². The number of carbonyl (C=O) groups is 1. The maximum absolute atomic E-state index is 13.0. The third-order valence-electron chi connectivity index (χ3n) is 4.53. The maximum atomic E-state index is 13.0. The predicted octanol–water partition coefficient (Wildman–Crippen LogP) is 3.84. The van der Waals surface area contributed by atoms with Gasteiger partial charge in [0.25, 0.3) is 5.91 Å². The molecule has 148 valence electrons. The van der Waals surface area contributed by atoms with Crippen LogP contribution in [0, 0.1) is 18.8 Å². The molecular weight excluding hydrogens is 376 g/mol. The molecular formula is C24H20N4O2. The molecule has 0 unspecified atom stereocenters. The van der Waals surface area contributed by atoms with Crippen molar-refractivity contribution in [1.82, 2.24) is 19.8 Å². The number of benzene rings is 2. The molecule has 2 aromatic heterocycles. The highest BCUT2D eigenvalue weighted by Crippen LogP contribution is 2.18. The highest BCUT2D eigenvalue weighted by atomic mass is 16.5. The molecule has 1 amide bonds. The summed E-state index contributed by atoms with van der Waals surface area (Å²) in [5, 5.41) is 8.26. The summed E-state index contributed by atoms with van der Waals surface area (Å²) in [5.74, 6) is 6.95. The fourth-order valence-corrected chi connectivity index (χ4v) is 3.07. The van der Waals surface area contributed by atoms with Crippen LogP contribution >= 0.6 is 0 Å². The highest BCUT2D eigenvalue weighted by molar-refractivity contribution is 5.94. The molecule has 6 heteroatoms. The van der Waals surface area contributed by atoms with Gasteiger partial charge in [-0.2, -0.15) is 5.10 Å². The highest BCUT2D eigenvalue weighted by Gasteiger charge is 2.16. The van der Waals surface area contributed by atoms with Crippen LogP contribution in [0.2, 0.25) is 0 Å². The summed E-state index contributed by atoms with van der Waals surface area (Å²) in [6.07, 6.45) is 3.56. The average Bonchev–Trinajstić information content (AvgIpc) is 3.44. The van der Waals surface area contributed by atoms with E-state index in [0.717, 1.165) is 16.8 Å². The van der Waals surface area contributed by atoms with Gasteiger partial charge in [0.15, 0.2) is 0 Å². The molecule has 2 aromatic carbocycles. The Morgan fingerprint density at radius 2 is 1.93 bits per heavy atom. The van der Waals surface area contributed by atoms with Crippen LogP contribution < -0.4 is 0 Å². The van der Waals surface area contributed by atoms with Crippen LogP contribution in [-0.2, 0) is 6.54 Å². The summed E-state index contributed by atoms with van der Waals surface area (Å²) in [5.41, 5.74) is 3.69. The molecule has 0 radical (unpaired) electrons. The zero-order valence-corrected chi connectivity index (χ0v) is 16.7. The molecule has 0 spiro atoms. The van der Waals surface area contributed by atoms with Crippen LogP contribution in [0.15, 0.2) is 77.6 Å². The second-order valence-electron chi connectivity index (χ2n) is 6.89. The van der Waals surface area contributed by atoms with Crippen molar-refractivity contribution in [3.05, 3.63) is 101 Å². The number of nitrogens with zero attached hydrogens (tertiary/aromatic N) is 4. The lowest BCUT2D eigenvalue weighted by Crippen LogP contribution is -2.26. The SMILES string of the molecule is Cc1cc(CN(C)C(=O)c2ccc(-n3cccn3)c(C#Cc3ccccc3)c2)no1. The van der Waals surface area contributed by atoms with E-state index in [0.29, 0.717) is 23.6 Å². The Balaban J connectivity index is 1.66. The number of aromatic nitrogens is 3. The van der Waals surface area contributed by atoms with Gasteiger partial charge in [0, 0.05) is 36.6 Å². The summed E-state index contributed by atoms with van der Waals surface area (Å²) in [6.45, 7) is 2.19. The average molecular weight is 396 g/mol. The van der Waals surface area contributed by atoms with E-state index in [1.54, 1.807) is 35.0 Å². The van der Waals surface area contributed by atoms with E-state index in [-0.39, 0.29) is 5.91 Å². The van der Waals surface area contributed by atoms with Gasteiger partial charge in [0.05, 0.1) is 17.8 Å². The van der Waals surface area contributed by atoms with E-state index in [4.69, 9.17) is 4.52 Å². The second kappa shape index (κ2) is 8.50. The van der Waals surface area contributed by atoms with Gasteiger partial charge in [-0.05, 0) is 43.3 Å². The third-order valence-corrected chi connectivity index (χ3v) is 4.53. The first-order chi connectivity index (χ1) is 14.6. The molecule has 0 fully saturated rings. The van der Waals surface area contributed by atoms with Gasteiger partial charge in [-0.1, -0.05) is 35.2 Å². The summed E-state index contributed by atoms with van der Waals surface area (Å²) < 4.78 is 6.83. The number of hydrogen-bond acceptors (Lipinski definition) is 4. The molecule has 4 rings (SSSR count). The lowest BCUT2D eigenvalue weighted by molar-refractivity contribution is 0.0782. The molecule has 6 nitrogen and oxygen atoms in total. The maximum Gasteiger partial charge on any atom is 0.253 e. The first kappa shape index (κ1) is 19.2. The van der Waals surface area contributed by atoms with Gasteiger partial charge in [-0.15, -0.1) is 0 Å². The fraction of sp³-hybridized carbons (Fsp3) is 0.125. The van der Waals surface area contributed by atoms with Crippen molar-refractivity contribution in [3.8, 4) is 17.5 Å². The quantitative estimate of drug-likeness (QED) is 0.492. The summed E-state index contributed by atoms with van der Waals surface area (Å²) in [4.78, 5) is 14.6. The molecule has 0 aliphatic heterocycles. The van der Waals surface area contributed by atoms with Crippen molar-refractivity contribution < 1.29 is 9.32 Å². The number of hydrogen-bond donors (Lipinski definition) is 0. The van der Waals surface area contributed by atoms with Crippen LogP contribution in [0.25, 0.3) is 5.69 Å². The zero-order chi connectivity index (χ0) is 20.9. The first-order valence-electron chi connectivity index (χ1n) is 9.49. The largest absolute Gasteiger partial charge is 0.361 e. The van der Waals surface area contributed by atoms with Gasteiger partial charge >= 0.3 is 0 Å². The molecule has 0 N–H and O–H groups in total. The van der Waals surface area contributed by atoms with E-state index in [2.05, 4.69) is 22.1 Å². The Kier molecular flexibility index (Phi) is 5.44. The lowest BCUT2D eigenvalue weighted by Gasteiger charge is -2.16. The van der Waals surface area contributed by atoms with Crippen LogP contribution in [0.1, 0.15) is 32.9 Å². The van der Waals surface area contributed by atoms with Crippen LogP contribution in [0.4, 0.5) is 0 Å². The molecule has 4 aromatic rings. The van der Waals surface area contributed by atoms with Crippen molar-refractivity contribution >= 4 is 5.91 Å². The molecule has 0 bridgehead atoms. The van der Waals surface area contributed by atoms with Crippen molar-refractivity contribution in [2.45, 2.75) is 13.5 Å². The smallest absolute Gasteiger partial charge is 0.253 e. The van der Waals surface area contributed by atoms with E-state index in [9.17, 15) is 4.79 Å². The number of carbonyl (C=O) groups excluding carboxylic acids is 1. The predicted molar refractivity (Wildman–Crippen MR) is 113 cm³/mol. The van der Waals surface area contributed by atoms with Crippen molar-refractivity contribution in [1.29, 1.82) is 0 Å². The standard InChI is InChI=1S/C24H20N4O2/c1-18-15-22(26-30-18)17-27(2)24(29)21-11-12-23(28-14-6-13-25-28)20(16-21)10-9-19-7-4-3-5-8-19/h3-8,11-16H,17H2,1-2H3. The minimum Gasteiger partial charge on any atom is -0.361 e. The van der Waals surface area contributed by atoms with Crippen LogP contribution in [0.5, 0.6) is 0 Å². The Bertz CT molecular complexity index is 1220. The van der Waals surface area contributed by atoms with Crippen molar-refractivity contribution in [3.63, 3.8) is 0 Å². The Morgan fingerprint density at radius 3 is 2.63 bits per heavy atom. The minimum absolute atomic E-state index is 0.120. The van der Waals surface area contributed by atoms with Crippen molar-refractivity contribution in [2.75, 3.05) is 7.05 Å². The Labute approximate surface area is 174 Å². The van der Waals surface area contributed by atoms with Crippen molar-refractivity contribution in [2.24, 2.45) is 0 Å². The number of rotatable bonds is 4. The zero-order valence-electron chi connectivity index (χ0n) is 16.7. The topological polar surface area (TPSA) is 64.2 Å². The number of amides is 1. The van der Waals surface area contributed by atoms with E-state index in [1.807, 2.05) is 61.7 Å². The van der Waals surface area contributed by atoms with Gasteiger partial charge in [-0.25, -0.2) is 4.68 Å². The lowest BCUT2D eigenvalue weighted by atomic mass is 10.1. The normalized spacial score (nSPS) is 10.3. The van der Waals surface area contributed by atoms with E-state index < -0.39 is 0 Å². The minimum atomic E-state index is -0.120.